The second-order valence-electron chi connectivity index (χ2n) is 3.89. The molecule has 0 aliphatic carbocycles. The number of nitrogen functional groups attached to an aromatic ring is 1. The molecule has 1 amide bonds. The highest BCUT2D eigenvalue weighted by Gasteiger charge is 2.15. The van der Waals surface area contributed by atoms with Gasteiger partial charge in [-0.15, -0.1) is 0 Å². The maximum atomic E-state index is 12.2. The number of rotatable bonds is 3. The summed E-state index contributed by atoms with van der Waals surface area (Å²) in [5.74, 6) is 0.696. The van der Waals surface area contributed by atoms with E-state index in [1.54, 1.807) is 20.2 Å². The number of nitrogens with two attached hydrogens (primary N) is 1. The molecule has 0 atom stereocenters. The van der Waals surface area contributed by atoms with Crippen LogP contribution in [0.5, 0.6) is 5.75 Å². The fraction of sp³-hybridized carbons (Fsp3) is 0.154. The van der Waals surface area contributed by atoms with E-state index in [2.05, 4.69) is 9.97 Å². The molecule has 2 rings (SSSR count). The molecule has 98 valence electrons. The van der Waals surface area contributed by atoms with Gasteiger partial charge in [-0.2, -0.15) is 0 Å². The van der Waals surface area contributed by atoms with Crippen LogP contribution in [0.3, 0.4) is 0 Å². The van der Waals surface area contributed by atoms with Crippen LogP contribution in [0.4, 0.5) is 11.5 Å². The van der Waals surface area contributed by atoms with E-state index in [4.69, 9.17) is 10.5 Å². The Morgan fingerprint density at radius 2 is 2.11 bits per heavy atom. The van der Waals surface area contributed by atoms with Gasteiger partial charge in [0, 0.05) is 18.8 Å². The van der Waals surface area contributed by atoms with Gasteiger partial charge in [0.25, 0.3) is 5.91 Å². The third-order valence-corrected chi connectivity index (χ3v) is 2.64. The number of hydrogen-bond acceptors (Lipinski definition) is 5. The molecule has 1 heterocycles. The quantitative estimate of drug-likeness (QED) is 0.898. The summed E-state index contributed by atoms with van der Waals surface area (Å²) in [6, 6.07) is 7.20. The molecule has 0 aliphatic heterocycles. The molecule has 6 heteroatoms. The maximum absolute atomic E-state index is 12.2. The third kappa shape index (κ3) is 2.79. The van der Waals surface area contributed by atoms with Crippen molar-refractivity contribution in [1.29, 1.82) is 0 Å². The zero-order chi connectivity index (χ0) is 13.8. The number of hydrogen-bond donors (Lipinski definition) is 1. The van der Waals surface area contributed by atoms with Gasteiger partial charge in [0.05, 0.1) is 19.5 Å². The zero-order valence-corrected chi connectivity index (χ0v) is 10.7. The van der Waals surface area contributed by atoms with Crippen molar-refractivity contribution in [2.75, 3.05) is 24.8 Å². The maximum Gasteiger partial charge on any atom is 0.278 e. The van der Waals surface area contributed by atoms with Crippen LogP contribution in [0, 0.1) is 0 Å². The van der Waals surface area contributed by atoms with E-state index >= 15 is 0 Å². The van der Waals surface area contributed by atoms with Crippen molar-refractivity contribution in [2.45, 2.75) is 0 Å². The Labute approximate surface area is 110 Å². The number of aromatic nitrogens is 2. The third-order valence-electron chi connectivity index (χ3n) is 2.64. The summed E-state index contributed by atoms with van der Waals surface area (Å²) >= 11 is 0. The smallest absolute Gasteiger partial charge is 0.278 e. The fourth-order valence-electron chi connectivity index (χ4n) is 1.56. The number of amides is 1. The Balaban J connectivity index is 2.25. The van der Waals surface area contributed by atoms with Crippen LogP contribution in [0.1, 0.15) is 10.5 Å². The predicted molar refractivity (Wildman–Crippen MR) is 72.2 cm³/mol. The summed E-state index contributed by atoms with van der Waals surface area (Å²) in [5, 5.41) is 0. The van der Waals surface area contributed by atoms with E-state index in [-0.39, 0.29) is 17.4 Å². The van der Waals surface area contributed by atoms with Crippen molar-refractivity contribution in [1.82, 2.24) is 9.97 Å². The molecule has 2 N–H and O–H groups in total. The Bertz CT molecular complexity index is 583. The van der Waals surface area contributed by atoms with Gasteiger partial charge in [0.2, 0.25) is 0 Å². The van der Waals surface area contributed by atoms with Crippen LogP contribution in [-0.2, 0) is 0 Å². The number of carbonyl (C=O) groups excluding carboxylic acids is 1. The van der Waals surface area contributed by atoms with Gasteiger partial charge in [-0.25, -0.2) is 9.97 Å². The Morgan fingerprint density at radius 1 is 1.32 bits per heavy atom. The minimum atomic E-state index is -0.263. The summed E-state index contributed by atoms with van der Waals surface area (Å²) in [6.07, 6.45) is 2.71. The zero-order valence-electron chi connectivity index (χ0n) is 10.7. The van der Waals surface area contributed by atoms with E-state index < -0.39 is 0 Å². The minimum absolute atomic E-state index is 0.236. The van der Waals surface area contributed by atoms with Gasteiger partial charge in [0.15, 0.2) is 0 Å². The molecule has 1 aromatic heterocycles. The number of carbonyl (C=O) groups is 1. The molecule has 0 bridgehead atoms. The molecule has 0 spiro atoms. The van der Waals surface area contributed by atoms with Gasteiger partial charge in [-0.1, -0.05) is 6.07 Å². The van der Waals surface area contributed by atoms with E-state index in [0.717, 1.165) is 0 Å². The highest BCUT2D eigenvalue weighted by Crippen LogP contribution is 2.20. The van der Waals surface area contributed by atoms with Crippen molar-refractivity contribution < 1.29 is 9.53 Å². The van der Waals surface area contributed by atoms with Crippen molar-refractivity contribution >= 4 is 17.4 Å². The van der Waals surface area contributed by atoms with Crippen molar-refractivity contribution in [2.24, 2.45) is 0 Å². The first kappa shape index (κ1) is 12.8. The molecule has 0 unspecified atom stereocenters. The second-order valence-corrected chi connectivity index (χ2v) is 3.89. The first-order valence-electron chi connectivity index (χ1n) is 5.61. The fourth-order valence-corrected chi connectivity index (χ4v) is 1.56. The lowest BCUT2D eigenvalue weighted by Crippen LogP contribution is -2.27. The topological polar surface area (TPSA) is 81.3 Å². The largest absolute Gasteiger partial charge is 0.497 e. The molecule has 0 radical (unpaired) electrons. The summed E-state index contributed by atoms with van der Waals surface area (Å²) < 4.78 is 5.12. The average Bonchev–Trinajstić information content (AvgIpc) is 2.46. The van der Waals surface area contributed by atoms with Crippen molar-refractivity contribution in [3.63, 3.8) is 0 Å². The lowest BCUT2D eigenvalue weighted by molar-refractivity contribution is 0.0988. The number of ether oxygens (including phenoxy) is 1. The van der Waals surface area contributed by atoms with Gasteiger partial charge >= 0.3 is 0 Å². The molecule has 0 fully saturated rings. The Morgan fingerprint density at radius 3 is 2.74 bits per heavy atom. The lowest BCUT2D eigenvalue weighted by Gasteiger charge is -2.17. The van der Waals surface area contributed by atoms with Crippen LogP contribution in [0.2, 0.25) is 0 Å². The van der Waals surface area contributed by atoms with E-state index in [9.17, 15) is 4.79 Å². The van der Waals surface area contributed by atoms with Gasteiger partial charge in [0.1, 0.15) is 17.3 Å². The van der Waals surface area contributed by atoms with Gasteiger partial charge in [-0.05, 0) is 12.1 Å². The normalized spacial score (nSPS) is 10.0. The summed E-state index contributed by atoms with van der Waals surface area (Å²) in [5.41, 5.74) is 6.38. The molecular formula is C13H14N4O2. The first-order chi connectivity index (χ1) is 9.11. The molecule has 0 aliphatic rings. The van der Waals surface area contributed by atoms with Crippen LogP contribution in [-0.4, -0.2) is 30.0 Å². The predicted octanol–water partition coefficient (Wildman–Crippen LogP) is 1.34. The highest BCUT2D eigenvalue weighted by atomic mass is 16.5. The molecule has 6 nitrogen and oxygen atoms in total. The SMILES string of the molecule is COc1cccc(N(C)C(=O)c2cnc(N)cn2)c1. The van der Waals surface area contributed by atoms with Crippen molar-refractivity contribution in [3.8, 4) is 5.75 Å². The number of nitrogens with zero attached hydrogens (tertiary/aromatic N) is 3. The first-order valence-corrected chi connectivity index (χ1v) is 5.61. The standard InChI is InChI=1S/C13H14N4O2/c1-17(9-4-3-5-10(6-9)19-2)13(18)11-7-16-12(14)8-15-11/h3-8H,1-2H3,(H2,14,16). The summed E-state index contributed by atoms with van der Waals surface area (Å²) in [6.45, 7) is 0. The highest BCUT2D eigenvalue weighted by molar-refractivity contribution is 6.04. The number of methoxy groups -OCH3 is 1. The molecule has 19 heavy (non-hydrogen) atoms. The van der Waals surface area contributed by atoms with Crippen LogP contribution in [0.15, 0.2) is 36.7 Å². The second kappa shape index (κ2) is 5.34. The minimum Gasteiger partial charge on any atom is -0.497 e. The van der Waals surface area contributed by atoms with Gasteiger partial charge < -0.3 is 15.4 Å². The molecule has 0 saturated heterocycles. The van der Waals surface area contributed by atoms with Crippen LogP contribution < -0.4 is 15.4 Å². The van der Waals surface area contributed by atoms with Crippen LogP contribution >= 0.6 is 0 Å². The molecule has 1 aromatic carbocycles. The Hall–Kier alpha value is -2.63. The monoisotopic (exact) mass is 258 g/mol. The lowest BCUT2D eigenvalue weighted by atomic mass is 10.2. The average molecular weight is 258 g/mol. The summed E-state index contributed by atoms with van der Waals surface area (Å²) in [4.78, 5) is 21.5. The molecule has 2 aromatic rings. The number of anilines is 2. The molecule has 0 saturated carbocycles. The van der Waals surface area contributed by atoms with Gasteiger partial charge in [-0.3, -0.25) is 4.79 Å². The van der Waals surface area contributed by atoms with E-state index in [1.165, 1.54) is 17.3 Å². The summed E-state index contributed by atoms with van der Waals surface area (Å²) in [7, 11) is 3.24. The van der Waals surface area contributed by atoms with Crippen LogP contribution in [0.25, 0.3) is 0 Å². The molecular weight excluding hydrogens is 244 g/mol. The Kier molecular flexibility index (Phi) is 3.61. The number of benzene rings is 1. The van der Waals surface area contributed by atoms with E-state index in [0.29, 0.717) is 11.4 Å². The van der Waals surface area contributed by atoms with Crippen molar-refractivity contribution in [3.05, 3.63) is 42.4 Å². The van der Waals surface area contributed by atoms with E-state index in [1.807, 2.05) is 18.2 Å².